The van der Waals surface area contributed by atoms with Gasteiger partial charge in [0.25, 0.3) is 0 Å². The average Bonchev–Trinajstić information content (AvgIpc) is 3.48. The Morgan fingerprint density at radius 2 is 1.96 bits per heavy atom. The molecule has 1 aliphatic carbocycles. The van der Waals surface area contributed by atoms with Crippen molar-refractivity contribution in [1.29, 1.82) is 0 Å². The summed E-state index contributed by atoms with van der Waals surface area (Å²) in [7, 11) is 1.78. The lowest BCUT2D eigenvalue weighted by atomic mass is 10.1. The van der Waals surface area contributed by atoms with Gasteiger partial charge in [0.15, 0.2) is 5.96 Å². The van der Waals surface area contributed by atoms with Crippen molar-refractivity contribution in [1.82, 2.24) is 15.5 Å². The SMILES string of the molecule is CCNC(=NCC1CC1c1ccccc1)NC1CCN(CCCOC)CC1.I. The molecule has 0 aromatic heterocycles. The number of hydrogen-bond acceptors (Lipinski definition) is 3. The zero-order valence-corrected chi connectivity index (χ0v) is 19.7. The van der Waals surface area contributed by atoms with Gasteiger partial charge in [0.2, 0.25) is 0 Å². The molecule has 2 N–H and O–H groups in total. The van der Waals surface area contributed by atoms with Gasteiger partial charge in [0.1, 0.15) is 0 Å². The molecule has 6 heteroatoms. The molecule has 2 unspecified atom stereocenters. The minimum Gasteiger partial charge on any atom is -0.385 e. The molecule has 2 aliphatic rings. The van der Waals surface area contributed by atoms with E-state index in [9.17, 15) is 0 Å². The number of guanidine groups is 1. The number of nitrogens with zero attached hydrogens (tertiary/aromatic N) is 2. The molecule has 1 saturated heterocycles. The molecule has 0 bridgehead atoms. The zero-order chi connectivity index (χ0) is 18.9. The van der Waals surface area contributed by atoms with Gasteiger partial charge in [-0.25, -0.2) is 0 Å². The molecule has 0 spiro atoms. The lowest BCUT2D eigenvalue weighted by Crippen LogP contribution is -2.49. The highest BCUT2D eigenvalue weighted by Crippen LogP contribution is 2.47. The second-order valence-corrected chi connectivity index (χ2v) is 7.84. The zero-order valence-electron chi connectivity index (χ0n) is 17.4. The minimum atomic E-state index is 0. The first-order chi connectivity index (χ1) is 13.3. The van der Waals surface area contributed by atoms with Gasteiger partial charge < -0.3 is 20.3 Å². The fourth-order valence-electron chi connectivity index (χ4n) is 4.01. The first-order valence-corrected chi connectivity index (χ1v) is 10.6. The highest BCUT2D eigenvalue weighted by atomic mass is 127. The van der Waals surface area contributed by atoms with E-state index >= 15 is 0 Å². The summed E-state index contributed by atoms with van der Waals surface area (Å²) < 4.78 is 5.16. The van der Waals surface area contributed by atoms with Gasteiger partial charge in [-0.1, -0.05) is 30.3 Å². The summed E-state index contributed by atoms with van der Waals surface area (Å²) in [5.74, 6) is 2.40. The van der Waals surface area contributed by atoms with Crippen molar-refractivity contribution in [2.75, 3.05) is 46.4 Å². The molecule has 2 fully saturated rings. The Labute approximate surface area is 187 Å². The van der Waals surface area contributed by atoms with Gasteiger partial charge in [-0.15, -0.1) is 24.0 Å². The quantitative estimate of drug-likeness (QED) is 0.236. The van der Waals surface area contributed by atoms with E-state index in [1.807, 2.05) is 0 Å². The third-order valence-electron chi connectivity index (χ3n) is 5.73. The van der Waals surface area contributed by atoms with Crippen LogP contribution >= 0.6 is 24.0 Å². The topological polar surface area (TPSA) is 48.9 Å². The molecule has 158 valence electrons. The normalized spacial score (nSPS) is 23.1. The van der Waals surface area contributed by atoms with E-state index in [0.29, 0.717) is 17.9 Å². The summed E-state index contributed by atoms with van der Waals surface area (Å²) in [6, 6.07) is 11.4. The number of rotatable bonds is 9. The molecule has 1 aromatic carbocycles. The minimum absolute atomic E-state index is 0. The first kappa shape index (κ1) is 23.4. The first-order valence-electron chi connectivity index (χ1n) is 10.6. The molecule has 0 radical (unpaired) electrons. The largest absolute Gasteiger partial charge is 0.385 e. The van der Waals surface area contributed by atoms with Crippen molar-refractivity contribution in [2.24, 2.45) is 10.9 Å². The molecule has 3 rings (SSSR count). The Morgan fingerprint density at radius 3 is 2.64 bits per heavy atom. The van der Waals surface area contributed by atoms with E-state index in [4.69, 9.17) is 9.73 Å². The standard InChI is InChI=1S/C22H36N4O.HI/c1-3-23-22(24-17-19-16-21(19)18-8-5-4-6-9-18)25-20-10-13-26(14-11-20)12-7-15-27-2;/h4-6,8-9,19-21H,3,7,10-17H2,1-2H3,(H2,23,24,25);1H. The number of halogens is 1. The molecule has 1 aromatic rings. The Balaban J connectivity index is 0.00000280. The number of benzene rings is 1. The van der Waals surface area contributed by atoms with Crippen LogP contribution in [0.1, 0.15) is 44.1 Å². The number of hydrogen-bond donors (Lipinski definition) is 2. The third kappa shape index (κ3) is 7.52. The maximum Gasteiger partial charge on any atom is 0.191 e. The molecule has 0 amide bonds. The van der Waals surface area contributed by atoms with Crippen LogP contribution in [0.3, 0.4) is 0 Å². The van der Waals surface area contributed by atoms with E-state index < -0.39 is 0 Å². The van der Waals surface area contributed by atoms with Crippen LogP contribution in [-0.2, 0) is 4.74 Å². The maximum absolute atomic E-state index is 5.16. The van der Waals surface area contributed by atoms with Gasteiger partial charge in [0, 0.05) is 52.5 Å². The van der Waals surface area contributed by atoms with Gasteiger partial charge in [0.05, 0.1) is 0 Å². The number of methoxy groups -OCH3 is 1. The van der Waals surface area contributed by atoms with E-state index in [1.165, 1.54) is 37.9 Å². The lowest BCUT2D eigenvalue weighted by molar-refractivity contribution is 0.155. The maximum atomic E-state index is 5.16. The summed E-state index contributed by atoms with van der Waals surface area (Å²) in [6.45, 7) is 8.32. The average molecular weight is 500 g/mol. The van der Waals surface area contributed by atoms with Gasteiger partial charge >= 0.3 is 0 Å². The van der Waals surface area contributed by atoms with E-state index in [2.05, 4.69) is 52.8 Å². The van der Waals surface area contributed by atoms with Crippen LogP contribution in [0.25, 0.3) is 0 Å². The van der Waals surface area contributed by atoms with Crippen LogP contribution in [-0.4, -0.2) is 63.3 Å². The van der Waals surface area contributed by atoms with E-state index in [0.717, 1.165) is 38.6 Å². The van der Waals surface area contributed by atoms with E-state index in [-0.39, 0.29) is 24.0 Å². The molecule has 1 aliphatic heterocycles. The van der Waals surface area contributed by atoms with Crippen LogP contribution < -0.4 is 10.6 Å². The van der Waals surface area contributed by atoms with Crippen LogP contribution in [0.4, 0.5) is 0 Å². The number of piperidine rings is 1. The van der Waals surface area contributed by atoms with Crippen molar-refractivity contribution in [3.63, 3.8) is 0 Å². The van der Waals surface area contributed by atoms with Gasteiger partial charge in [-0.2, -0.15) is 0 Å². The second-order valence-electron chi connectivity index (χ2n) is 7.84. The molecule has 1 saturated carbocycles. The summed E-state index contributed by atoms with van der Waals surface area (Å²) >= 11 is 0. The molecule has 5 nitrogen and oxygen atoms in total. The molecule has 2 atom stereocenters. The third-order valence-corrected chi connectivity index (χ3v) is 5.73. The van der Waals surface area contributed by atoms with Crippen molar-refractivity contribution >= 4 is 29.9 Å². The van der Waals surface area contributed by atoms with E-state index in [1.54, 1.807) is 7.11 Å². The predicted molar refractivity (Wildman–Crippen MR) is 128 cm³/mol. The molecule has 1 heterocycles. The fourth-order valence-corrected chi connectivity index (χ4v) is 4.01. The lowest BCUT2D eigenvalue weighted by Gasteiger charge is -2.33. The summed E-state index contributed by atoms with van der Waals surface area (Å²) in [4.78, 5) is 7.44. The number of aliphatic imine (C=N–C) groups is 1. The summed E-state index contributed by atoms with van der Waals surface area (Å²) in [5, 5.41) is 7.10. The number of nitrogens with one attached hydrogen (secondary N) is 2. The Bertz CT molecular complexity index is 575. The van der Waals surface area contributed by atoms with Crippen molar-refractivity contribution in [2.45, 2.75) is 44.6 Å². The second kappa shape index (κ2) is 12.6. The van der Waals surface area contributed by atoms with Crippen LogP contribution in [0.2, 0.25) is 0 Å². The Morgan fingerprint density at radius 1 is 1.21 bits per heavy atom. The highest BCUT2D eigenvalue weighted by Gasteiger charge is 2.37. The summed E-state index contributed by atoms with van der Waals surface area (Å²) in [6.07, 6.45) is 4.77. The molecule has 28 heavy (non-hydrogen) atoms. The Kier molecular flexibility index (Phi) is 10.6. The fraction of sp³-hybridized carbons (Fsp3) is 0.682. The Hall–Kier alpha value is -0.860. The smallest absolute Gasteiger partial charge is 0.191 e. The van der Waals surface area contributed by atoms with Crippen molar-refractivity contribution in [3.8, 4) is 0 Å². The van der Waals surface area contributed by atoms with Crippen molar-refractivity contribution in [3.05, 3.63) is 35.9 Å². The predicted octanol–water partition coefficient (Wildman–Crippen LogP) is 3.46. The number of ether oxygens (including phenoxy) is 1. The highest BCUT2D eigenvalue weighted by molar-refractivity contribution is 14.0. The van der Waals surface area contributed by atoms with Crippen LogP contribution in [0.15, 0.2) is 35.3 Å². The molecular formula is C22H37IN4O. The van der Waals surface area contributed by atoms with Crippen molar-refractivity contribution < 1.29 is 4.74 Å². The number of likely N-dealkylation sites (tertiary alicyclic amines) is 1. The van der Waals surface area contributed by atoms with Gasteiger partial charge in [-0.3, -0.25) is 4.99 Å². The van der Waals surface area contributed by atoms with Gasteiger partial charge in [-0.05, 0) is 50.0 Å². The molecular weight excluding hydrogens is 463 g/mol. The van der Waals surface area contributed by atoms with Crippen LogP contribution in [0, 0.1) is 5.92 Å². The van der Waals surface area contributed by atoms with Crippen LogP contribution in [0.5, 0.6) is 0 Å². The summed E-state index contributed by atoms with van der Waals surface area (Å²) in [5.41, 5.74) is 1.47. The monoisotopic (exact) mass is 500 g/mol.